The normalized spacial score (nSPS) is 9.95. The maximum Gasteiger partial charge on any atom is 0.269 e. The average molecular weight is 257 g/mol. The lowest BCUT2D eigenvalue weighted by molar-refractivity contribution is -0.384. The molecule has 0 aromatic heterocycles. The summed E-state index contributed by atoms with van der Waals surface area (Å²) in [4.78, 5) is 21.1. The van der Waals surface area contributed by atoms with E-state index in [1.807, 2.05) is 0 Å². The van der Waals surface area contributed by atoms with Crippen LogP contribution >= 0.6 is 0 Å². The van der Waals surface area contributed by atoms with E-state index in [0.29, 0.717) is 17.6 Å². The first-order valence-corrected chi connectivity index (χ1v) is 5.53. The van der Waals surface area contributed by atoms with Crippen molar-refractivity contribution >= 4 is 12.0 Å². The number of aldehydes is 1. The predicted molar refractivity (Wildman–Crippen MR) is 70.5 cm³/mol. The first kappa shape index (κ1) is 12.8. The minimum absolute atomic E-state index is 0.0351. The van der Waals surface area contributed by atoms with E-state index in [-0.39, 0.29) is 5.69 Å². The quantitative estimate of drug-likeness (QED) is 0.479. The molecule has 5 nitrogen and oxygen atoms in total. The molecule has 0 N–H and O–H groups in total. The summed E-state index contributed by atoms with van der Waals surface area (Å²) < 4.78 is 5.06. The number of carbonyl (C=O) groups is 1. The van der Waals surface area contributed by atoms with Gasteiger partial charge in [0.05, 0.1) is 17.6 Å². The Morgan fingerprint density at radius 2 is 1.74 bits per heavy atom. The lowest BCUT2D eigenvalue weighted by Crippen LogP contribution is -1.91. The number of non-ortho nitro benzene ring substituents is 1. The number of hydrogen-bond donors (Lipinski definition) is 0. The minimum Gasteiger partial charge on any atom is -0.496 e. The molecule has 5 heteroatoms. The van der Waals surface area contributed by atoms with Crippen molar-refractivity contribution in [2.75, 3.05) is 7.11 Å². The number of hydrogen-bond acceptors (Lipinski definition) is 4. The number of nitro benzene ring substituents is 1. The number of benzene rings is 2. The van der Waals surface area contributed by atoms with Crippen LogP contribution in [0.2, 0.25) is 0 Å². The lowest BCUT2D eigenvalue weighted by atomic mass is 10.0. The van der Waals surface area contributed by atoms with Gasteiger partial charge in [-0.1, -0.05) is 6.07 Å². The molecule has 0 atom stereocenters. The minimum atomic E-state index is -0.450. The number of methoxy groups -OCH3 is 1. The van der Waals surface area contributed by atoms with E-state index in [4.69, 9.17) is 4.74 Å². The topological polar surface area (TPSA) is 69.4 Å². The molecule has 0 heterocycles. The van der Waals surface area contributed by atoms with Crippen LogP contribution in [0.3, 0.4) is 0 Å². The number of nitro groups is 1. The summed E-state index contributed by atoms with van der Waals surface area (Å²) in [6.07, 6.45) is 0.716. The summed E-state index contributed by atoms with van der Waals surface area (Å²) in [7, 11) is 1.49. The van der Waals surface area contributed by atoms with Crippen LogP contribution in [0, 0.1) is 10.1 Å². The maximum atomic E-state index is 10.9. The lowest BCUT2D eigenvalue weighted by Gasteiger charge is -2.06. The zero-order valence-corrected chi connectivity index (χ0v) is 10.2. The van der Waals surface area contributed by atoms with Crippen LogP contribution in [0.25, 0.3) is 11.1 Å². The summed E-state index contributed by atoms with van der Waals surface area (Å²) in [5.74, 6) is 0.501. The third-order valence-corrected chi connectivity index (χ3v) is 2.77. The molecule has 0 aliphatic heterocycles. The Kier molecular flexibility index (Phi) is 3.56. The fourth-order valence-corrected chi connectivity index (χ4v) is 1.78. The number of rotatable bonds is 4. The smallest absolute Gasteiger partial charge is 0.269 e. The van der Waals surface area contributed by atoms with Gasteiger partial charge in [-0.25, -0.2) is 0 Å². The van der Waals surface area contributed by atoms with Gasteiger partial charge in [-0.2, -0.15) is 0 Å². The molecule has 2 rings (SSSR count). The summed E-state index contributed by atoms with van der Waals surface area (Å²) >= 11 is 0. The molecule has 0 aliphatic carbocycles. The zero-order valence-electron chi connectivity index (χ0n) is 10.2. The summed E-state index contributed by atoms with van der Waals surface area (Å²) in [6.45, 7) is 0. The molecule has 19 heavy (non-hydrogen) atoms. The van der Waals surface area contributed by atoms with E-state index in [1.165, 1.54) is 19.2 Å². The number of ether oxygens (including phenoxy) is 1. The van der Waals surface area contributed by atoms with Gasteiger partial charge in [0.1, 0.15) is 5.75 Å². The SMILES string of the molecule is COc1ccc(-c2ccc([N+](=O)[O-])cc2)cc1C=O. The van der Waals surface area contributed by atoms with E-state index in [9.17, 15) is 14.9 Å². The highest BCUT2D eigenvalue weighted by Gasteiger charge is 2.07. The van der Waals surface area contributed by atoms with E-state index >= 15 is 0 Å². The maximum absolute atomic E-state index is 10.9. The van der Waals surface area contributed by atoms with Crippen molar-refractivity contribution in [2.24, 2.45) is 0 Å². The third-order valence-electron chi connectivity index (χ3n) is 2.77. The Balaban J connectivity index is 2.41. The molecule has 0 saturated heterocycles. The third kappa shape index (κ3) is 2.60. The summed E-state index contributed by atoms with van der Waals surface area (Å²) in [5, 5.41) is 10.6. The van der Waals surface area contributed by atoms with Crippen molar-refractivity contribution < 1.29 is 14.5 Å². The summed E-state index contributed by atoms with van der Waals surface area (Å²) in [5.41, 5.74) is 2.08. The second-order valence-corrected chi connectivity index (χ2v) is 3.88. The van der Waals surface area contributed by atoms with Gasteiger partial charge < -0.3 is 4.74 Å². The van der Waals surface area contributed by atoms with Gasteiger partial charge in [0.25, 0.3) is 5.69 Å². The monoisotopic (exact) mass is 257 g/mol. The highest BCUT2D eigenvalue weighted by Crippen LogP contribution is 2.27. The molecule has 0 amide bonds. The molecule has 2 aromatic carbocycles. The van der Waals surface area contributed by atoms with Crippen LogP contribution in [-0.4, -0.2) is 18.3 Å². The van der Waals surface area contributed by atoms with Crippen LogP contribution in [-0.2, 0) is 0 Å². The van der Waals surface area contributed by atoms with Crippen LogP contribution in [0.5, 0.6) is 5.75 Å². The van der Waals surface area contributed by atoms with Gasteiger partial charge >= 0.3 is 0 Å². The second-order valence-electron chi connectivity index (χ2n) is 3.88. The Morgan fingerprint density at radius 3 is 2.26 bits per heavy atom. The Labute approximate surface area is 109 Å². The highest BCUT2D eigenvalue weighted by molar-refractivity contribution is 5.83. The van der Waals surface area contributed by atoms with Gasteiger partial charge in [-0.3, -0.25) is 14.9 Å². The fraction of sp³-hybridized carbons (Fsp3) is 0.0714. The van der Waals surface area contributed by atoms with E-state index in [1.54, 1.807) is 30.3 Å². The molecule has 0 spiro atoms. The van der Waals surface area contributed by atoms with Gasteiger partial charge in [-0.15, -0.1) is 0 Å². The van der Waals surface area contributed by atoms with Crippen LogP contribution in [0.15, 0.2) is 42.5 Å². The molecule has 2 aromatic rings. The number of carbonyl (C=O) groups excluding carboxylic acids is 1. The van der Waals surface area contributed by atoms with E-state index < -0.39 is 4.92 Å². The van der Waals surface area contributed by atoms with E-state index in [2.05, 4.69) is 0 Å². The first-order chi connectivity index (χ1) is 9.15. The van der Waals surface area contributed by atoms with Crippen molar-refractivity contribution in [1.82, 2.24) is 0 Å². The molecule has 0 radical (unpaired) electrons. The van der Waals surface area contributed by atoms with Crippen molar-refractivity contribution in [3.05, 3.63) is 58.1 Å². The first-order valence-electron chi connectivity index (χ1n) is 5.53. The average Bonchev–Trinajstić information content (AvgIpc) is 2.46. The molecular weight excluding hydrogens is 246 g/mol. The van der Waals surface area contributed by atoms with Gasteiger partial charge in [0, 0.05) is 12.1 Å². The van der Waals surface area contributed by atoms with Crippen molar-refractivity contribution in [3.63, 3.8) is 0 Å². The summed E-state index contributed by atoms with van der Waals surface area (Å²) in [6, 6.07) is 11.3. The van der Waals surface area contributed by atoms with Gasteiger partial charge in [0.2, 0.25) is 0 Å². The van der Waals surface area contributed by atoms with E-state index in [0.717, 1.165) is 11.1 Å². The molecule has 0 unspecified atom stereocenters. The molecule has 0 fully saturated rings. The van der Waals surface area contributed by atoms with Gasteiger partial charge in [-0.05, 0) is 35.4 Å². The largest absolute Gasteiger partial charge is 0.496 e. The highest BCUT2D eigenvalue weighted by atomic mass is 16.6. The predicted octanol–water partition coefficient (Wildman–Crippen LogP) is 3.08. The van der Waals surface area contributed by atoms with Crippen LogP contribution in [0.4, 0.5) is 5.69 Å². The Bertz CT molecular complexity index is 620. The van der Waals surface area contributed by atoms with Crippen LogP contribution < -0.4 is 4.74 Å². The van der Waals surface area contributed by atoms with Crippen molar-refractivity contribution in [3.8, 4) is 16.9 Å². The molecule has 96 valence electrons. The Morgan fingerprint density at radius 1 is 1.11 bits per heavy atom. The molecule has 0 aliphatic rings. The molecule has 0 saturated carbocycles. The Hall–Kier alpha value is -2.69. The number of nitrogens with zero attached hydrogens (tertiary/aromatic N) is 1. The van der Waals surface area contributed by atoms with Crippen LogP contribution in [0.1, 0.15) is 10.4 Å². The zero-order chi connectivity index (χ0) is 13.8. The van der Waals surface area contributed by atoms with Crippen molar-refractivity contribution in [2.45, 2.75) is 0 Å². The second kappa shape index (κ2) is 5.30. The van der Waals surface area contributed by atoms with Crippen molar-refractivity contribution in [1.29, 1.82) is 0 Å². The van der Waals surface area contributed by atoms with Gasteiger partial charge in [0.15, 0.2) is 6.29 Å². The fourth-order valence-electron chi connectivity index (χ4n) is 1.78. The molecular formula is C14H11NO4. The standard InChI is InChI=1S/C14H11NO4/c1-19-14-7-4-11(8-12(14)9-16)10-2-5-13(6-3-10)15(17)18/h2-9H,1H3. The molecule has 0 bridgehead atoms.